The average molecular weight is 394 g/mol. The minimum absolute atomic E-state index is 0.0124. The second-order valence-electron chi connectivity index (χ2n) is 5.93. The van der Waals surface area contributed by atoms with Gasteiger partial charge in [0.15, 0.2) is 0 Å². The highest BCUT2D eigenvalue weighted by molar-refractivity contribution is 6.33. The minimum Gasteiger partial charge on any atom is -0.335 e. The van der Waals surface area contributed by atoms with Crippen LogP contribution in [0.2, 0.25) is 10.0 Å². The zero-order chi connectivity index (χ0) is 19.1. The maximum absolute atomic E-state index is 12.2. The maximum Gasteiger partial charge on any atom is 0.244 e. The van der Waals surface area contributed by atoms with Gasteiger partial charge < -0.3 is 15.5 Å². The summed E-state index contributed by atoms with van der Waals surface area (Å²) in [5, 5.41) is 6.96. The molecule has 0 saturated carbocycles. The van der Waals surface area contributed by atoms with E-state index in [0.29, 0.717) is 15.7 Å². The lowest BCUT2D eigenvalue weighted by Crippen LogP contribution is -2.40. The van der Waals surface area contributed by atoms with Crippen molar-refractivity contribution in [2.45, 2.75) is 13.0 Å². The number of nitrogens with zero attached hydrogens (tertiary/aromatic N) is 1. The van der Waals surface area contributed by atoms with Gasteiger partial charge in [0.1, 0.15) is 0 Å². The van der Waals surface area contributed by atoms with E-state index in [9.17, 15) is 9.59 Å². The van der Waals surface area contributed by atoms with Crippen LogP contribution in [-0.4, -0.2) is 36.9 Å². The molecule has 2 aromatic rings. The summed E-state index contributed by atoms with van der Waals surface area (Å²) in [7, 11) is 1.59. The average Bonchev–Trinajstić information content (AvgIpc) is 2.61. The molecule has 5 nitrogen and oxygen atoms in total. The fourth-order valence-corrected chi connectivity index (χ4v) is 2.61. The fourth-order valence-electron chi connectivity index (χ4n) is 2.30. The van der Waals surface area contributed by atoms with Gasteiger partial charge in [-0.2, -0.15) is 0 Å². The first kappa shape index (κ1) is 20.2. The summed E-state index contributed by atoms with van der Waals surface area (Å²) in [6, 6.07) is 14.4. The fraction of sp³-hybridized carbons (Fsp3) is 0.263. The Hall–Kier alpha value is -2.08. The highest BCUT2D eigenvalue weighted by Crippen LogP contribution is 2.20. The smallest absolute Gasteiger partial charge is 0.244 e. The van der Waals surface area contributed by atoms with Gasteiger partial charge >= 0.3 is 0 Å². The number of para-hydroxylation sites is 1. The van der Waals surface area contributed by atoms with Crippen LogP contribution in [0, 0.1) is 0 Å². The van der Waals surface area contributed by atoms with E-state index < -0.39 is 0 Å². The lowest BCUT2D eigenvalue weighted by molar-refractivity contribution is -0.132. The van der Waals surface area contributed by atoms with Crippen molar-refractivity contribution in [2.24, 2.45) is 0 Å². The van der Waals surface area contributed by atoms with Crippen LogP contribution in [0.5, 0.6) is 0 Å². The summed E-state index contributed by atoms with van der Waals surface area (Å²) < 4.78 is 0. The zero-order valence-electron chi connectivity index (χ0n) is 14.6. The Morgan fingerprint density at radius 2 is 1.73 bits per heavy atom. The van der Waals surface area contributed by atoms with Crippen molar-refractivity contribution in [1.82, 2.24) is 10.2 Å². The largest absolute Gasteiger partial charge is 0.335 e. The second-order valence-corrected chi connectivity index (χ2v) is 6.78. The number of carbonyl (C=O) groups excluding carboxylic acids is 2. The number of halogens is 2. The quantitative estimate of drug-likeness (QED) is 0.752. The third-order valence-electron chi connectivity index (χ3n) is 3.88. The van der Waals surface area contributed by atoms with Gasteiger partial charge in [-0.3, -0.25) is 9.59 Å². The molecule has 0 aliphatic rings. The molecule has 2 aromatic carbocycles. The Morgan fingerprint density at radius 3 is 2.38 bits per heavy atom. The molecule has 0 saturated heterocycles. The summed E-state index contributed by atoms with van der Waals surface area (Å²) in [6.45, 7) is 2.03. The Morgan fingerprint density at radius 1 is 1.08 bits per heavy atom. The number of anilines is 1. The highest BCUT2D eigenvalue weighted by atomic mass is 35.5. The summed E-state index contributed by atoms with van der Waals surface area (Å²) in [5.41, 5.74) is 1.55. The molecule has 138 valence electrons. The van der Waals surface area contributed by atoms with Gasteiger partial charge in [-0.1, -0.05) is 47.5 Å². The molecule has 1 atom stereocenters. The number of nitrogens with one attached hydrogen (secondary N) is 2. The zero-order valence-corrected chi connectivity index (χ0v) is 16.1. The van der Waals surface area contributed by atoms with Crippen LogP contribution >= 0.6 is 23.2 Å². The molecule has 0 aromatic heterocycles. The van der Waals surface area contributed by atoms with E-state index in [4.69, 9.17) is 23.2 Å². The molecule has 0 fully saturated rings. The highest BCUT2D eigenvalue weighted by Gasteiger charge is 2.15. The van der Waals surface area contributed by atoms with Gasteiger partial charge in [-0.25, -0.2) is 0 Å². The van der Waals surface area contributed by atoms with Crippen molar-refractivity contribution in [2.75, 3.05) is 25.5 Å². The Labute approximate surface area is 163 Å². The van der Waals surface area contributed by atoms with E-state index in [2.05, 4.69) is 10.6 Å². The van der Waals surface area contributed by atoms with Gasteiger partial charge in [0, 0.05) is 18.1 Å². The molecule has 2 rings (SSSR count). The molecular formula is C19H21Cl2N3O2. The maximum atomic E-state index is 12.2. The molecule has 2 amide bonds. The number of benzene rings is 2. The minimum atomic E-state index is -0.306. The molecule has 7 heteroatoms. The van der Waals surface area contributed by atoms with E-state index >= 15 is 0 Å². The van der Waals surface area contributed by atoms with Crippen LogP contribution in [0.3, 0.4) is 0 Å². The van der Waals surface area contributed by atoms with Crippen molar-refractivity contribution in [3.63, 3.8) is 0 Å². The second kappa shape index (κ2) is 9.57. The Bertz CT molecular complexity index is 766. The summed E-state index contributed by atoms with van der Waals surface area (Å²) in [6.07, 6.45) is 0. The first-order valence-corrected chi connectivity index (χ1v) is 8.89. The summed E-state index contributed by atoms with van der Waals surface area (Å²) in [4.78, 5) is 25.7. The number of amides is 2. The monoisotopic (exact) mass is 393 g/mol. The SMILES string of the molecule is C[C@@H](NCC(=O)N(C)CC(=O)Nc1ccccc1Cl)c1ccc(Cl)cc1. The predicted octanol–water partition coefficient (Wildman–Crippen LogP) is 3.74. The van der Waals surface area contributed by atoms with E-state index in [-0.39, 0.29) is 30.9 Å². The number of carbonyl (C=O) groups is 2. The molecule has 2 N–H and O–H groups in total. The third kappa shape index (κ3) is 6.02. The van der Waals surface area contributed by atoms with Crippen molar-refractivity contribution in [3.8, 4) is 0 Å². The van der Waals surface area contributed by atoms with Gasteiger partial charge in [-0.05, 0) is 36.8 Å². The van der Waals surface area contributed by atoms with Gasteiger partial charge in [-0.15, -0.1) is 0 Å². The lowest BCUT2D eigenvalue weighted by atomic mass is 10.1. The van der Waals surface area contributed by atoms with Crippen molar-refractivity contribution >= 4 is 40.7 Å². The molecule has 0 unspecified atom stereocenters. The molecule has 0 aliphatic heterocycles. The van der Waals surface area contributed by atoms with Crippen LogP contribution in [-0.2, 0) is 9.59 Å². The number of hydrogen-bond donors (Lipinski definition) is 2. The molecule has 0 radical (unpaired) electrons. The first-order valence-electron chi connectivity index (χ1n) is 8.14. The summed E-state index contributed by atoms with van der Waals surface area (Å²) in [5.74, 6) is -0.486. The summed E-state index contributed by atoms with van der Waals surface area (Å²) >= 11 is 11.9. The van der Waals surface area contributed by atoms with Crippen LogP contribution in [0.25, 0.3) is 0 Å². The normalized spacial score (nSPS) is 11.7. The molecule has 0 spiro atoms. The van der Waals surface area contributed by atoms with E-state index in [1.807, 2.05) is 31.2 Å². The van der Waals surface area contributed by atoms with Crippen molar-refractivity contribution in [1.29, 1.82) is 0 Å². The Balaban J connectivity index is 1.80. The first-order chi connectivity index (χ1) is 12.4. The lowest BCUT2D eigenvalue weighted by Gasteiger charge is -2.19. The van der Waals surface area contributed by atoms with Crippen LogP contribution in [0.4, 0.5) is 5.69 Å². The Kier molecular flexibility index (Phi) is 7.45. The van der Waals surface area contributed by atoms with E-state index in [1.165, 1.54) is 4.90 Å². The topological polar surface area (TPSA) is 61.4 Å². The molecule has 0 aliphatic carbocycles. The number of hydrogen-bond acceptors (Lipinski definition) is 3. The van der Waals surface area contributed by atoms with Gasteiger partial charge in [0.2, 0.25) is 11.8 Å². The van der Waals surface area contributed by atoms with Crippen LogP contribution in [0.1, 0.15) is 18.5 Å². The molecule has 0 bridgehead atoms. The number of rotatable bonds is 7. The van der Waals surface area contributed by atoms with Crippen molar-refractivity contribution < 1.29 is 9.59 Å². The van der Waals surface area contributed by atoms with Crippen LogP contribution < -0.4 is 10.6 Å². The molecule has 0 heterocycles. The standard InChI is InChI=1S/C19H21Cl2N3O2/c1-13(14-7-9-15(20)10-8-14)22-11-19(26)24(2)12-18(25)23-17-6-4-3-5-16(17)21/h3-10,13,22H,11-12H2,1-2H3,(H,23,25)/t13-/m1/s1. The van der Waals surface area contributed by atoms with E-state index in [1.54, 1.807) is 31.3 Å². The van der Waals surface area contributed by atoms with Crippen LogP contribution in [0.15, 0.2) is 48.5 Å². The molecular weight excluding hydrogens is 373 g/mol. The third-order valence-corrected chi connectivity index (χ3v) is 4.47. The van der Waals surface area contributed by atoms with Gasteiger partial charge in [0.25, 0.3) is 0 Å². The number of likely N-dealkylation sites (N-methyl/N-ethyl adjacent to an activating group) is 1. The predicted molar refractivity (Wildman–Crippen MR) is 106 cm³/mol. The van der Waals surface area contributed by atoms with E-state index in [0.717, 1.165) is 5.56 Å². The molecule has 26 heavy (non-hydrogen) atoms. The van der Waals surface area contributed by atoms with Crippen molar-refractivity contribution in [3.05, 3.63) is 64.1 Å². The van der Waals surface area contributed by atoms with Gasteiger partial charge in [0.05, 0.1) is 23.8 Å².